The normalized spacial score (nSPS) is 21.1. The Kier molecular flexibility index (Phi) is 4.84. The van der Waals surface area contributed by atoms with Gasteiger partial charge in [0, 0.05) is 12.6 Å². The van der Waals surface area contributed by atoms with Crippen LogP contribution < -0.4 is 11.1 Å². The first-order chi connectivity index (χ1) is 9.65. The van der Waals surface area contributed by atoms with Crippen LogP contribution in [0.4, 0.5) is 11.4 Å². The number of carbonyl (C=O) groups excluding carboxylic acids is 1. The molecule has 0 heterocycles. The van der Waals surface area contributed by atoms with Crippen LogP contribution in [0.25, 0.3) is 0 Å². The van der Waals surface area contributed by atoms with Gasteiger partial charge in [0.25, 0.3) is 0 Å². The quantitative estimate of drug-likeness (QED) is 0.617. The van der Waals surface area contributed by atoms with Crippen molar-refractivity contribution in [2.75, 3.05) is 24.3 Å². The highest BCUT2D eigenvalue weighted by atomic mass is 16.5. The van der Waals surface area contributed by atoms with Gasteiger partial charge in [-0.15, -0.1) is 0 Å². The van der Waals surface area contributed by atoms with Crippen LogP contribution in [0.1, 0.15) is 37.0 Å². The highest BCUT2D eigenvalue weighted by molar-refractivity contribution is 5.98. The molecule has 0 spiro atoms. The number of ether oxygens (including phenoxy) is 2. The highest BCUT2D eigenvalue weighted by Crippen LogP contribution is 2.31. The number of benzene rings is 1. The third kappa shape index (κ3) is 3.22. The molecule has 1 aromatic carbocycles. The van der Waals surface area contributed by atoms with E-state index in [2.05, 4.69) is 5.32 Å². The van der Waals surface area contributed by atoms with Crippen molar-refractivity contribution >= 4 is 17.3 Å². The van der Waals surface area contributed by atoms with Gasteiger partial charge in [0.15, 0.2) is 0 Å². The predicted octanol–water partition coefficient (Wildman–Crippen LogP) is 2.42. The zero-order chi connectivity index (χ0) is 14.5. The molecule has 0 aliphatic heterocycles. The molecule has 0 unspecified atom stereocenters. The molecule has 1 aromatic rings. The largest absolute Gasteiger partial charge is 0.462 e. The minimum Gasteiger partial charge on any atom is -0.462 e. The molecule has 0 aromatic heterocycles. The Morgan fingerprint density at radius 3 is 2.75 bits per heavy atom. The smallest absolute Gasteiger partial charge is 0.340 e. The summed E-state index contributed by atoms with van der Waals surface area (Å²) in [4.78, 5) is 11.9. The lowest BCUT2D eigenvalue weighted by Crippen LogP contribution is -2.41. The maximum absolute atomic E-state index is 11.9. The van der Waals surface area contributed by atoms with Crippen LogP contribution in [0.15, 0.2) is 18.2 Å². The number of esters is 1. The van der Waals surface area contributed by atoms with Crippen LogP contribution in [0.3, 0.4) is 0 Å². The maximum atomic E-state index is 11.9. The van der Waals surface area contributed by atoms with Crippen molar-refractivity contribution in [2.45, 2.75) is 38.8 Å². The Bertz CT molecular complexity index is 470. The van der Waals surface area contributed by atoms with Gasteiger partial charge in [-0.2, -0.15) is 0 Å². The van der Waals surface area contributed by atoms with Crippen LogP contribution >= 0.6 is 0 Å². The van der Waals surface area contributed by atoms with E-state index in [-0.39, 0.29) is 5.97 Å². The van der Waals surface area contributed by atoms with Crippen LogP contribution in [0, 0.1) is 0 Å². The zero-order valence-corrected chi connectivity index (χ0v) is 12.0. The van der Waals surface area contributed by atoms with Gasteiger partial charge in [0.1, 0.15) is 0 Å². The van der Waals surface area contributed by atoms with Crippen molar-refractivity contribution < 1.29 is 14.3 Å². The van der Waals surface area contributed by atoms with Crippen LogP contribution in [-0.2, 0) is 9.47 Å². The number of hydrogen-bond acceptors (Lipinski definition) is 5. The fourth-order valence-electron chi connectivity index (χ4n) is 2.37. The minimum absolute atomic E-state index is 0.296. The fraction of sp³-hybridized carbons (Fsp3) is 0.533. The molecule has 20 heavy (non-hydrogen) atoms. The topological polar surface area (TPSA) is 73.6 Å². The summed E-state index contributed by atoms with van der Waals surface area (Å²) in [6.45, 7) is 4.87. The molecule has 0 bridgehead atoms. The van der Waals surface area contributed by atoms with Gasteiger partial charge >= 0.3 is 5.97 Å². The van der Waals surface area contributed by atoms with Crippen LogP contribution in [-0.4, -0.2) is 31.3 Å². The highest BCUT2D eigenvalue weighted by Gasteiger charge is 2.30. The summed E-state index contributed by atoms with van der Waals surface area (Å²) in [6.07, 6.45) is 2.18. The molecule has 1 aliphatic carbocycles. The molecule has 110 valence electrons. The first kappa shape index (κ1) is 14.7. The van der Waals surface area contributed by atoms with Crippen LogP contribution in [0.5, 0.6) is 0 Å². The number of para-hydroxylation sites is 1. The van der Waals surface area contributed by atoms with E-state index in [0.29, 0.717) is 35.7 Å². The minimum atomic E-state index is -0.344. The van der Waals surface area contributed by atoms with Gasteiger partial charge in [-0.05, 0) is 38.8 Å². The molecule has 0 saturated heterocycles. The van der Waals surface area contributed by atoms with Gasteiger partial charge in [0.2, 0.25) is 0 Å². The first-order valence-corrected chi connectivity index (χ1v) is 7.09. The number of rotatable bonds is 6. The summed E-state index contributed by atoms with van der Waals surface area (Å²) in [5, 5.41) is 3.34. The molecule has 0 radical (unpaired) electrons. The predicted molar refractivity (Wildman–Crippen MR) is 78.9 cm³/mol. The standard InChI is InChI=1S/C15H22N2O3/c1-3-19-11-8-10(9-11)17-14-12(15(18)20-4-2)6-5-7-13(14)16/h5-7,10-11,17H,3-4,8-9,16H2,1-2H3. The van der Waals surface area contributed by atoms with E-state index in [0.717, 1.165) is 19.4 Å². The number of anilines is 2. The lowest BCUT2D eigenvalue weighted by atomic mass is 9.88. The van der Waals surface area contributed by atoms with Crippen molar-refractivity contribution in [1.82, 2.24) is 0 Å². The third-order valence-electron chi connectivity index (χ3n) is 3.44. The second kappa shape index (κ2) is 6.61. The molecule has 2 rings (SSSR count). The van der Waals surface area contributed by atoms with Gasteiger partial charge in [-0.3, -0.25) is 0 Å². The number of nitrogen functional groups attached to an aromatic ring is 1. The van der Waals surface area contributed by atoms with Gasteiger partial charge < -0.3 is 20.5 Å². The summed E-state index contributed by atoms with van der Waals surface area (Å²) >= 11 is 0. The Morgan fingerprint density at radius 1 is 1.35 bits per heavy atom. The monoisotopic (exact) mass is 278 g/mol. The van der Waals surface area contributed by atoms with E-state index in [1.165, 1.54) is 0 Å². The Hall–Kier alpha value is -1.75. The van der Waals surface area contributed by atoms with Crippen molar-refractivity contribution in [3.8, 4) is 0 Å². The second-order valence-corrected chi connectivity index (χ2v) is 4.88. The maximum Gasteiger partial charge on any atom is 0.340 e. The fourth-order valence-corrected chi connectivity index (χ4v) is 2.37. The number of nitrogens with two attached hydrogens (primary N) is 1. The van der Waals surface area contributed by atoms with Crippen molar-refractivity contribution in [2.24, 2.45) is 0 Å². The summed E-state index contributed by atoms with van der Waals surface area (Å²) in [5.41, 5.74) is 7.70. The van der Waals surface area contributed by atoms with E-state index >= 15 is 0 Å². The van der Waals surface area contributed by atoms with Crippen LogP contribution in [0.2, 0.25) is 0 Å². The SMILES string of the molecule is CCOC(=O)c1cccc(N)c1NC1CC(OCC)C1. The lowest BCUT2D eigenvalue weighted by Gasteiger charge is -2.36. The van der Waals surface area contributed by atoms with E-state index < -0.39 is 0 Å². The molecule has 0 atom stereocenters. The third-order valence-corrected chi connectivity index (χ3v) is 3.44. The van der Waals surface area contributed by atoms with Crippen molar-refractivity contribution in [3.05, 3.63) is 23.8 Å². The summed E-state index contributed by atoms with van der Waals surface area (Å²) in [5.74, 6) is -0.344. The molecular formula is C15H22N2O3. The average molecular weight is 278 g/mol. The van der Waals surface area contributed by atoms with Gasteiger partial charge in [0.05, 0.1) is 29.6 Å². The van der Waals surface area contributed by atoms with Crippen molar-refractivity contribution in [1.29, 1.82) is 0 Å². The van der Waals surface area contributed by atoms with E-state index in [1.807, 2.05) is 6.92 Å². The van der Waals surface area contributed by atoms with E-state index in [9.17, 15) is 4.79 Å². The second-order valence-electron chi connectivity index (χ2n) is 4.88. The lowest BCUT2D eigenvalue weighted by molar-refractivity contribution is 0.00299. The molecule has 1 saturated carbocycles. The molecule has 3 N–H and O–H groups in total. The summed E-state index contributed by atoms with van der Waals surface area (Å²) in [7, 11) is 0. The average Bonchev–Trinajstić information content (AvgIpc) is 2.38. The number of hydrogen-bond donors (Lipinski definition) is 2. The van der Waals surface area contributed by atoms with Crippen molar-refractivity contribution in [3.63, 3.8) is 0 Å². The summed E-state index contributed by atoms with van der Waals surface area (Å²) in [6, 6.07) is 5.57. The molecule has 1 aliphatic rings. The molecular weight excluding hydrogens is 256 g/mol. The molecule has 0 amide bonds. The van der Waals surface area contributed by atoms with E-state index in [1.54, 1.807) is 25.1 Å². The molecule has 5 heteroatoms. The molecule has 5 nitrogen and oxygen atoms in total. The van der Waals surface area contributed by atoms with Gasteiger partial charge in [-0.25, -0.2) is 4.79 Å². The zero-order valence-electron chi connectivity index (χ0n) is 12.0. The molecule has 1 fully saturated rings. The number of nitrogens with one attached hydrogen (secondary N) is 1. The first-order valence-electron chi connectivity index (χ1n) is 7.09. The van der Waals surface area contributed by atoms with E-state index in [4.69, 9.17) is 15.2 Å². The summed E-state index contributed by atoms with van der Waals surface area (Å²) < 4.78 is 10.6. The Morgan fingerprint density at radius 2 is 2.10 bits per heavy atom. The Labute approximate surface area is 119 Å². The Balaban J connectivity index is 2.05. The number of carbonyl (C=O) groups is 1. The van der Waals surface area contributed by atoms with Gasteiger partial charge in [-0.1, -0.05) is 6.07 Å².